The summed E-state index contributed by atoms with van der Waals surface area (Å²) >= 11 is 1.66. The molecule has 0 aliphatic rings. The Morgan fingerprint density at radius 3 is 2.47 bits per heavy atom. The van der Waals surface area contributed by atoms with Crippen molar-refractivity contribution >= 4 is 21.8 Å². The fourth-order valence-electron chi connectivity index (χ4n) is 1.63. The number of nitrogens with zero attached hydrogens (tertiary/aromatic N) is 1. The average molecular weight is 273 g/mol. The van der Waals surface area contributed by atoms with E-state index in [-0.39, 0.29) is 6.04 Å². The van der Waals surface area contributed by atoms with Crippen molar-refractivity contribution in [3.8, 4) is 0 Å². The quantitative estimate of drug-likeness (QED) is 0.774. The van der Waals surface area contributed by atoms with Crippen LogP contribution < -0.4 is 0 Å². The molecule has 0 atom stereocenters. The van der Waals surface area contributed by atoms with Gasteiger partial charge in [0.15, 0.2) is 0 Å². The first kappa shape index (κ1) is 14.5. The SMILES string of the molecule is CSc1cccc(CN(C(C)C)S(C)(=O)=O)c1. The number of benzene rings is 1. The zero-order valence-electron chi connectivity index (χ0n) is 10.7. The van der Waals surface area contributed by atoms with Crippen LogP contribution in [0.1, 0.15) is 19.4 Å². The summed E-state index contributed by atoms with van der Waals surface area (Å²) in [5, 5.41) is 0. The number of thioether (sulfide) groups is 1. The van der Waals surface area contributed by atoms with Crippen LogP contribution in [0.3, 0.4) is 0 Å². The van der Waals surface area contributed by atoms with Crippen LogP contribution in [-0.4, -0.2) is 31.3 Å². The third-order valence-corrected chi connectivity index (χ3v) is 4.60. The molecule has 1 aromatic rings. The van der Waals surface area contributed by atoms with Gasteiger partial charge < -0.3 is 0 Å². The molecule has 1 aromatic carbocycles. The molecule has 3 nitrogen and oxygen atoms in total. The third-order valence-electron chi connectivity index (χ3n) is 2.47. The Labute approximate surface area is 108 Å². The minimum Gasteiger partial charge on any atom is -0.212 e. The highest BCUT2D eigenvalue weighted by Gasteiger charge is 2.20. The molecule has 0 spiro atoms. The fourth-order valence-corrected chi connectivity index (χ4v) is 3.27. The van der Waals surface area contributed by atoms with Gasteiger partial charge in [0, 0.05) is 17.5 Å². The second-order valence-corrected chi connectivity index (χ2v) is 7.07. The maximum absolute atomic E-state index is 11.7. The van der Waals surface area contributed by atoms with Gasteiger partial charge in [0.2, 0.25) is 10.0 Å². The van der Waals surface area contributed by atoms with Crippen LogP contribution in [0.5, 0.6) is 0 Å². The molecule has 0 amide bonds. The molecule has 0 aliphatic carbocycles. The molecule has 5 heteroatoms. The first-order chi connectivity index (χ1) is 7.84. The van der Waals surface area contributed by atoms with E-state index in [1.165, 1.54) is 10.6 Å². The topological polar surface area (TPSA) is 37.4 Å². The van der Waals surface area contributed by atoms with Gasteiger partial charge in [0.1, 0.15) is 0 Å². The van der Waals surface area contributed by atoms with Crippen LogP contribution in [0.2, 0.25) is 0 Å². The van der Waals surface area contributed by atoms with E-state index >= 15 is 0 Å². The summed E-state index contributed by atoms with van der Waals surface area (Å²) in [6.07, 6.45) is 3.27. The lowest BCUT2D eigenvalue weighted by Gasteiger charge is -2.24. The van der Waals surface area contributed by atoms with Gasteiger partial charge in [-0.2, -0.15) is 4.31 Å². The molecule has 0 radical (unpaired) electrons. The van der Waals surface area contributed by atoms with Gasteiger partial charge in [0.25, 0.3) is 0 Å². The van der Waals surface area contributed by atoms with Crippen LogP contribution in [0.4, 0.5) is 0 Å². The first-order valence-corrected chi connectivity index (χ1v) is 8.51. The van der Waals surface area contributed by atoms with E-state index in [2.05, 4.69) is 0 Å². The Kier molecular flexibility index (Phi) is 5.04. The molecular weight excluding hydrogens is 254 g/mol. The van der Waals surface area contributed by atoms with Gasteiger partial charge in [-0.15, -0.1) is 11.8 Å². The largest absolute Gasteiger partial charge is 0.212 e. The molecule has 1 rings (SSSR count). The van der Waals surface area contributed by atoms with Gasteiger partial charge in [-0.25, -0.2) is 8.42 Å². The highest BCUT2D eigenvalue weighted by atomic mass is 32.2. The first-order valence-electron chi connectivity index (χ1n) is 5.44. The van der Waals surface area contributed by atoms with Crippen molar-refractivity contribution in [1.29, 1.82) is 0 Å². The average Bonchev–Trinajstić information content (AvgIpc) is 2.24. The summed E-state index contributed by atoms with van der Waals surface area (Å²) in [5.41, 5.74) is 1.02. The van der Waals surface area contributed by atoms with Crippen molar-refractivity contribution in [2.24, 2.45) is 0 Å². The van der Waals surface area contributed by atoms with E-state index < -0.39 is 10.0 Å². The molecule has 17 heavy (non-hydrogen) atoms. The fraction of sp³-hybridized carbons (Fsp3) is 0.500. The molecule has 0 bridgehead atoms. The Bertz CT molecular complexity index is 469. The summed E-state index contributed by atoms with van der Waals surface area (Å²) in [4.78, 5) is 1.15. The van der Waals surface area contributed by atoms with E-state index in [1.54, 1.807) is 11.8 Å². The van der Waals surface area contributed by atoms with Crippen molar-refractivity contribution in [1.82, 2.24) is 4.31 Å². The normalized spacial score (nSPS) is 12.4. The van der Waals surface area contributed by atoms with Gasteiger partial charge in [-0.3, -0.25) is 0 Å². The zero-order valence-corrected chi connectivity index (χ0v) is 12.3. The molecule has 0 unspecified atom stereocenters. The van der Waals surface area contributed by atoms with Crippen LogP contribution in [-0.2, 0) is 16.6 Å². The Hall–Kier alpha value is -0.520. The molecule has 0 heterocycles. The molecular formula is C12H19NO2S2. The van der Waals surface area contributed by atoms with E-state index in [9.17, 15) is 8.42 Å². The minimum absolute atomic E-state index is 0.0251. The molecule has 0 aromatic heterocycles. The lowest BCUT2D eigenvalue weighted by molar-refractivity contribution is 0.351. The monoisotopic (exact) mass is 273 g/mol. The summed E-state index contributed by atoms with van der Waals surface area (Å²) in [5.74, 6) is 0. The lowest BCUT2D eigenvalue weighted by atomic mass is 10.2. The lowest BCUT2D eigenvalue weighted by Crippen LogP contribution is -2.35. The van der Waals surface area contributed by atoms with Crippen molar-refractivity contribution < 1.29 is 8.42 Å². The molecule has 0 saturated heterocycles. The summed E-state index contributed by atoms with van der Waals surface area (Å²) < 4.78 is 24.8. The van der Waals surface area contributed by atoms with Crippen molar-refractivity contribution in [2.45, 2.75) is 31.3 Å². The summed E-state index contributed by atoms with van der Waals surface area (Å²) in [7, 11) is -3.16. The number of sulfonamides is 1. The maximum atomic E-state index is 11.7. The van der Waals surface area contributed by atoms with E-state index in [4.69, 9.17) is 0 Å². The van der Waals surface area contributed by atoms with Gasteiger partial charge >= 0.3 is 0 Å². The zero-order chi connectivity index (χ0) is 13.1. The van der Waals surface area contributed by atoms with E-state index in [1.807, 2.05) is 44.4 Å². The van der Waals surface area contributed by atoms with Crippen molar-refractivity contribution in [3.63, 3.8) is 0 Å². The molecule has 0 fully saturated rings. The predicted octanol–water partition coefficient (Wildman–Crippen LogP) is 2.58. The second-order valence-electron chi connectivity index (χ2n) is 4.25. The molecule has 96 valence electrons. The van der Waals surface area contributed by atoms with Crippen molar-refractivity contribution in [2.75, 3.05) is 12.5 Å². The van der Waals surface area contributed by atoms with Crippen LogP contribution in [0.25, 0.3) is 0 Å². The third kappa shape index (κ3) is 4.33. The molecule has 0 N–H and O–H groups in total. The summed E-state index contributed by atoms with van der Waals surface area (Å²) in [6, 6.07) is 7.95. The van der Waals surface area contributed by atoms with Gasteiger partial charge in [0.05, 0.1) is 6.26 Å². The molecule has 0 saturated carbocycles. The highest BCUT2D eigenvalue weighted by Crippen LogP contribution is 2.18. The van der Waals surface area contributed by atoms with E-state index in [0.717, 1.165) is 10.5 Å². The minimum atomic E-state index is -3.16. The summed E-state index contributed by atoms with van der Waals surface area (Å²) in [6.45, 7) is 4.21. The smallest absolute Gasteiger partial charge is 0.211 e. The Morgan fingerprint density at radius 1 is 1.35 bits per heavy atom. The highest BCUT2D eigenvalue weighted by molar-refractivity contribution is 7.98. The Morgan fingerprint density at radius 2 is 2.00 bits per heavy atom. The number of rotatable bonds is 5. The Balaban J connectivity index is 2.94. The number of hydrogen-bond acceptors (Lipinski definition) is 3. The van der Waals surface area contributed by atoms with Gasteiger partial charge in [-0.05, 0) is 37.8 Å². The van der Waals surface area contributed by atoms with Crippen LogP contribution in [0, 0.1) is 0 Å². The standard InChI is InChI=1S/C12H19NO2S2/c1-10(2)13(17(4,14)15)9-11-6-5-7-12(8-11)16-3/h5-8,10H,9H2,1-4H3. The maximum Gasteiger partial charge on any atom is 0.211 e. The second kappa shape index (κ2) is 5.89. The van der Waals surface area contributed by atoms with E-state index in [0.29, 0.717) is 6.54 Å². The predicted molar refractivity (Wildman–Crippen MR) is 73.7 cm³/mol. The van der Waals surface area contributed by atoms with Crippen molar-refractivity contribution in [3.05, 3.63) is 29.8 Å². The van der Waals surface area contributed by atoms with Gasteiger partial charge in [-0.1, -0.05) is 12.1 Å². The molecule has 0 aliphatic heterocycles. The van der Waals surface area contributed by atoms with Crippen LogP contribution >= 0.6 is 11.8 Å². The van der Waals surface area contributed by atoms with Crippen LogP contribution in [0.15, 0.2) is 29.2 Å². The number of hydrogen-bond donors (Lipinski definition) is 0.